The van der Waals surface area contributed by atoms with Gasteiger partial charge in [-0.05, 0) is 18.9 Å². The van der Waals surface area contributed by atoms with Gasteiger partial charge in [0.05, 0.1) is 17.9 Å². The van der Waals surface area contributed by atoms with Gasteiger partial charge in [-0.25, -0.2) is 9.50 Å². The molecule has 2 atom stereocenters. The maximum Gasteiger partial charge on any atom is 0.433 e. The number of nitrogens with one attached hydrogen (secondary N) is 1. The van der Waals surface area contributed by atoms with Crippen molar-refractivity contribution in [2.24, 2.45) is 5.92 Å². The standard InChI is InChI=1S/C21H21F3N4O3/c1-11(2)17(20(30)10-31-20)27-19(29)14-9-25-28-16(21(22,23)24)8-15(26-18(14)28)13-6-4-12(3)5-7-13/h4-9,11,17,30H,10H2,1-3H3,(H,27,29)/t17-,20?/m1/s1. The molecule has 1 aliphatic heterocycles. The summed E-state index contributed by atoms with van der Waals surface area (Å²) < 4.78 is 46.8. The van der Waals surface area contributed by atoms with Crippen LogP contribution in [0.3, 0.4) is 0 Å². The summed E-state index contributed by atoms with van der Waals surface area (Å²) in [4.78, 5) is 17.2. The van der Waals surface area contributed by atoms with Crippen LogP contribution in [0.15, 0.2) is 36.5 Å². The van der Waals surface area contributed by atoms with Crippen LogP contribution in [0.2, 0.25) is 0 Å². The van der Waals surface area contributed by atoms with Crippen molar-refractivity contribution < 1.29 is 27.8 Å². The van der Waals surface area contributed by atoms with Crippen molar-refractivity contribution in [1.29, 1.82) is 0 Å². The predicted molar refractivity (Wildman–Crippen MR) is 105 cm³/mol. The Kier molecular flexibility index (Phi) is 5.01. The number of aliphatic hydroxyl groups is 1. The minimum absolute atomic E-state index is 0.0684. The number of hydrogen-bond donors (Lipinski definition) is 2. The van der Waals surface area contributed by atoms with E-state index in [9.17, 15) is 23.1 Å². The highest BCUT2D eigenvalue weighted by molar-refractivity contribution is 6.00. The second kappa shape index (κ2) is 7.31. The zero-order chi connectivity index (χ0) is 22.6. The number of benzene rings is 1. The largest absolute Gasteiger partial charge is 0.433 e. The van der Waals surface area contributed by atoms with Gasteiger partial charge in [-0.2, -0.15) is 18.3 Å². The Balaban J connectivity index is 1.80. The Morgan fingerprint density at radius 1 is 1.29 bits per heavy atom. The van der Waals surface area contributed by atoms with E-state index < -0.39 is 29.6 Å². The molecule has 0 saturated carbocycles. The first-order valence-corrected chi connectivity index (χ1v) is 9.70. The second-order valence-corrected chi connectivity index (χ2v) is 8.01. The molecule has 164 valence electrons. The Hall–Kier alpha value is -2.98. The first kappa shape index (κ1) is 21.3. The van der Waals surface area contributed by atoms with Gasteiger partial charge in [0, 0.05) is 5.56 Å². The lowest BCUT2D eigenvalue weighted by Gasteiger charge is -2.24. The molecule has 2 aromatic heterocycles. The molecule has 31 heavy (non-hydrogen) atoms. The molecular weight excluding hydrogens is 413 g/mol. The van der Waals surface area contributed by atoms with Crippen LogP contribution in [0, 0.1) is 12.8 Å². The summed E-state index contributed by atoms with van der Waals surface area (Å²) in [6.07, 6.45) is -3.67. The van der Waals surface area contributed by atoms with Crippen LogP contribution in [0.1, 0.15) is 35.5 Å². The SMILES string of the molecule is Cc1ccc(-c2cc(C(F)(F)F)n3ncc(C(=O)N[C@H](C(C)C)C4(O)CO4)c3n2)cc1. The van der Waals surface area contributed by atoms with Gasteiger partial charge in [-0.3, -0.25) is 4.79 Å². The molecule has 1 saturated heterocycles. The third-order valence-corrected chi connectivity index (χ3v) is 5.23. The Morgan fingerprint density at radius 2 is 1.94 bits per heavy atom. The zero-order valence-electron chi connectivity index (χ0n) is 17.1. The highest BCUT2D eigenvalue weighted by atomic mass is 19.4. The van der Waals surface area contributed by atoms with E-state index in [4.69, 9.17) is 4.74 Å². The number of alkyl halides is 3. The molecule has 1 amide bonds. The van der Waals surface area contributed by atoms with Gasteiger partial charge in [0.2, 0.25) is 5.79 Å². The smallest absolute Gasteiger partial charge is 0.362 e. The summed E-state index contributed by atoms with van der Waals surface area (Å²) >= 11 is 0. The average Bonchev–Trinajstić information content (AvgIpc) is 3.29. The number of carbonyl (C=O) groups is 1. The van der Waals surface area contributed by atoms with Crippen LogP contribution in [0.25, 0.3) is 16.9 Å². The van der Waals surface area contributed by atoms with Gasteiger partial charge in [-0.1, -0.05) is 43.7 Å². The van der Waals surface area contributed by atoms with Gasteiger partial charge in [-0.15, -0.1) is 0 Å². The minimum atomic E-state index is -4.71. The Morgan fingerprint density at radius 3 is 2.48 bits per heavy atom. The summed E-state index contributed by atoms with van der Waals surface area (Å²) in [7, 11) is 0. The van der Waals surface area contributed by atoms with Crippen LogP contribution in [-0.2, 0) is 10.9 Å². The van der Waals surface area contributed by atoms with E-state index in [2.05, 4.69) is 15.4 Å². The normalized spacial score (nSPS) is 19.6. The fraction of sp³-hybridized carbons (Fsp3) is 0.381. The maximum absolute atomic E-state index is 13.7. The molecule has 3 aromatic rings. The third kappa shape index (κ3) is 4.00. The number of aryl methyl sites for hydroxylation is 1. The van der Waals surface area contributed by atoms with Crippen molar-refractivity contribution in [2.45, 2.75) is 38.8 Å². The van der Waals surface area contributed by atoms with Gasteiger partial charge >= 0.3 is 6.18 Å². The third-order valence-electron chi connectivity index (χ3n) is 5.23. The van der Waals surface area contributed by atoms with Crippen LogP contribution in [0.5, 0.6) is 0 Å². The van der Waals surface area contributed by atoms with E-state index in [1.807, 2.05) is 6.92 Å². The van der Waals surface area contributed by atoms with Gasteiger partial charge in [0.25, 0.3) is 5.91 Å². The summed E-state index contributed by atoms with van der Waals surface area (Å²) in [5.74, 6) is -2.36. The molecule has 10 heteroatoms. The van der Waals surface area contributed by atoms with Crippen LogP contribution < -0.4 is 5.32 Å². The van der Waals surface area contributed by atoms with Gasteiger partial charge < -0.3 is 15.2 Å². The maximum atomic E-state index is 13.7. The Labute approximate surface area is 175 Å². The number of aromatic nitrogens is 3. The number of ether oxygens (including phenoxy) is 1. The topological polar surface area (TPSA) is 92.1 Å². The van der Waals surface area contributed by atoms with E-state index in [0.29, 0.717) is 10.1 Å². The summed E-state index contributed by atoms with van der Waals surface area (Å²) in [5, 5.41) is 16.7. The summed E-state index contributed by atoms with van der Waals surface area (Å²) in [6.45, 7) is 5.51. The van der Waals surface area contributed by atoms with Crippen molar-refractivity contribution >= 4 is 11.6 Å². The first-order chi connectivity index (χ1) is 14.5. The molecule has 1 aliphatic rings. The molecular formula is C21H21F3N4O3. The molecule has 2 N–H and O–H groups in total. The number of fused-ring (bicyclic) bond motifs is 1. The van der Waals surface area contributed by atoms with Crippen molar-refractivity contribution in [3.05, 3.63) is 53.3 Å². The number of halogens is 3. The molecule has 1 unspecified atom stereocenters. The Bertz CT molecular complexity index is 1140. The number of amides is 1. The van der Waals surface area contributed by atoms with Crippen LogP contribution in [0.4, 0.5) is 13.2 Å². The predicted octanol–water partition coefficient (Wildman–Crippen LogP) is 3.20. The van der Waals surface area contributed by atoms with E-state index in [0.717, 1.165) is 17.8 Å². The minimum Gasteiger partial charge on any atom is -0.362 e. The van der Waals surface area contributed by atoms with Crippen molar-refractivity contribution in [1.82, 2.24) is 19.9 Å². The monoisotopic (exact) mass is 434 g/mol. The molecule has 3 heterocycles. The average molecular weight is 434 g/mol. The van der Waals surface area contributed by atoms with Crippen molar-refractivity contribution in [2.75, 3.05) is 6.61 Å². The molecule has 1 fully saturated rings. The highest BCUT2D eigenvalue weighted by Gasteiger charge is 2.52. The number of nitrogens with zero attached hydrogens (tertiary/aromatic N) is 3. The fourth-order valence-corrected chi connectivity index (χ4v) is 3.47. The number of rotatable bonds is 5. The molecule has 0 spiro atoms. The molecule has 0 aliphatic carbocycles. The molecule has 0 radical (unpaired) electrons. The summed E-state index contributed by atoms with van der Waals surface area (Å²) in [5.41, 5.74) is 0.0938. The lowest BCUT2D eigenvalue weighted by Crippen LogP contribution is -2.49. The molecule has 7 nitrogen and oxygen atoms in total. The van der Waals surface area contributed by atoms with Crippen molar-refractivity contribution in [3.63, 3.8) is 0 Å². The second-order valence-electron chi connectivity index (χ2n) is 8.01. The number of carbonyl (C=O) groups excluding carboxylic acids is 1. The van der Waals surface area contributed by atoms with E-state index in [1.165, 1.54) is 0 Å². The van der Waals surface area contributed by atoms with Gasteiger partial charge in [0.1, 0.15) is 12.2 Å². The zero-order valence-corrected chi connectivity index (χ0v) is 17.1. The molecule has 0 bridgehead atoms. The van der Waals surface area contributed by atoms with Crippen LogP contribution >= 0.6 is 0 Å². The van der Waals surface area contributed by atoms with Crippen LogP contribution in [-0.4, -0.2) is 44.0 Å². The lowest BCUT2D eigenvalue weighted by atomic mass is 9.98. The van der Waals surface area contributed by atoms with E-state index in [1.54, 1.807) is 38.1 Å². The highest BCUT2D eigenvalue weighted by Crippen LogP contribution is 2.34. The van der Waals surface area contributed by atoms with Crippen molar-refractivity contribution in [3.8, 4) is 11.3 Å². The quantitative estimate of drug-likeness (QED) is 0.602. The van der Waals surface area contributed by atoms with E-state index >= 15 is 0 Å². The summed E-state index contributed by atoms with van der Waals surface area (Å²) in [6, 6.07) is 7.03. The number of epoxide rings is 1. The number of hydrogen-bond acceptors (Lipinski definition) is 5. The van der Waals surface area contributed by atoms with E-state index in [-0.39, 0.29) is 29.4 Å². The molecule has 4 rings (SSSR count). The molecule has 1 aromatic carbocycles. The fourth-order valence-electron chi connectivity index (χ4n) is 3.47. The van der Waals surface area contributed by atoms with Gasteiger partial charge in [0.15, 0.2) is 11.3 Å². The first-order valence-electron chi connectivity index (χ1n) is 9.70. The lowest BCUT2D eigenvalue weighted by molar-refractivity contribution is -0.142.